The molecule has 0 saturated carbocycles. The highest BCUT2D eigenvalue weighted by molar-refractivity contribution is 6.32. The molecule has 2 aliphatic heterocycles. The Morgan fingerprint density at radius 3 is 2.35 bits per heavy atom. The number of allylic oxidation sites excluding steroid dienone is 2. The molecule has 0 aromatic heterocycles. The van der Waals surface area contributed by atoms with Gasteiger partial charge in [-0.25, -0.2) is 4.99 Å². The first-order valence-electron chi connectivity index (χ1n) is 8.38. The lowest BCUT2D eigenvalue weighted by Crippen LogP contribution is -2.48. The summed E-state index contributed by atoms with van der Waals surface area (Å²) >= 11 is 5.92. The monoisotopic (exact) mass is 338 g/mol. The zero-order chi connectivity index (χ0) is 16.8. The normalized spacial score (nSPS) is 22.3. The van der Waals surface area contributed by atoms with Gasteiger partial charge in [0, 0.05) is 24.2 Å². The number of carbonyl (C=O) groups excluding carboxylic acids is 1. The van der Waals surface area contributed by atoms with Crippen LogP contribution in [0.15, 0.2) is 27.9 Å². The molecule has 5 nitrogen and oxygen atoms in total. The fourth-order valence-electron chi connectivity index (χ4n) is 3.38. The van der Waals surface area contributed by atoms with Gasteiger partial charge in [0.25, 0.3) is 5.91 Å². The largest absolute Gasteiger partial charge is 0.390 e. The molecule has 2 rings (SSSR count). The Hall–Kier alpha value is -1.33. The summed E-state index contributed by atoms with van der Waals surface area (Å²) in [6.07, 6.45) is 7.12. The lowest BCUT2D eigenvalue weighted by atomic mass is 9.99. The molecule has 2 heterocycles. The quantitative estimate of drug-likeness (QED) is 0.371. The molecule has 0 aliphatic carbocycles. The van der Waals surface area contributed by atoms with E-state index in [2.05, 4.69) is 16.5 Å². The van der Waals surface area contributed by atoms with E-state index < -0.39 is 0 Å². The van der Waals surface area contributed by atoms with Crippen molar-refractivity contribution >= 4 is 23.8 Å². The van der Waals surface area contributed by atoms with Crippen LogP contribution in [-0.4, -0.2) is 54.3 Å². The molecule has 0 aromatic carbocycles. The SMILES string of the molecule is C=C(Cl)/C(C)=C(\N=CN)C(=O)N1CCC(N2CCCCC2)CC1. The van der Waals surface area contributed by atoms with Gasteiger partial charge < -0.3 is 15.5 Å². The molecule has 0 bridgehead atoms. The maximum Gasteiger partial charge on any atom is 0.272 e. The lowest BCUT2D eigenvalue weighted by molar-refractivity contribution is -0.128. The van der Waals surface area contributed by atoms with Crippen LogP contribution >= 0.6 is 11.6 Å². The predicted molar refractivity (Wildman–Crippen MR) is 95.4 cm³/mol. The number of piperidine rings is 2. The number of rotatable bonds is 4. The molecule has 0 aromatic rings. The fourth-order valence-corrected chi connectivity index (χ4v) is 3.47. The Morgan fingerprint density at radius 2 is 1.83 bits per heavy atom. The zero-order valence-electron chi connectivity index (χ0n) is 13.9. The molecular weight excluding hydrogens is 312 g/mol. The minimum atomic E-state index is -0.108. The molecule has 2 fully saturated rings. The van der Waals surface area contributed by atoms with Gasteiger partial charge in [-0.05, 0) is 51.3 Å². The summed E-state index contributed by atoms with van der Waals surface area (Å²) in [5, 5.41) is 0.321. The van der Waals surface area contributed by atoms with Crippen LogP contribution in [-0.2, 0) is 4.79 Å². The van der Waals surface area contributed by atoms with Gasteiger partial charge in [0.15, 0.2) is 0 Å². The molecule has 0 unspecified atom stereocenters. The molecular formula is C17H27ClN4O. The number of hydrogen-bond donors (Lipinski definition) is 1. The van der Waals surface area contributed by atoms with Crippen molar-refractivity contribution in [1.82, 2.24) is 9.80 Å². The van der Waals surface area contributed by atoms with E-state index in [0.29, 0.717) is 22.3 Å². The minimum Gasteiger partial charge on any atom is -0.390 e. The zero-order valence-corrected chi connectivity index (χ0v) is 14.7. The standard InChI is InChI=1S/C17H27ClN4O/c1-13(14(2)18)16(20-12-19)17(23)22-10-6-15(7-11-22)21-8-4-3-5-9-21/h12,15H,2-11H2,1H3,(H2,19,20)/b16-13-. The van der Waals surface area contributed by atoms with Crippen LogP contribution in [0.2, 0.25) is 0 Å². The van der Waals surface area contributed by atoms with E-state index in [-0.39, 0.29) is 5.91 Å². The average Bonchev–Trinajstić information content (AvgIpc) is 2.59. The van der Waals surface area contributed by atoms with Crippen LogP contribution in [0.3, 0.4) is 0 Å². The minimum absolute atomic E-state index is 0.108. The van der Waals surface area contributed by atoms with Crippen LogP contribution in [0.25, 0.3) is 0 Å². The first-order valence-corrected chi connectivity index (χ1v) is 8.75. The van der Waals surface area contributed by atoms with E-state index in [1.54, 1.807) is 6.92 Å². The van der Waals surface area contributed by atoms with Gasteiger partial charge in [-0.3, -0.25) is 4.79 Å². The summed E-state index contributed by atoms with van der Waals surface area (Å²) in [4.78, 5) is 21.2. The highest BCUT2D eigenvalue weighted by Gasteiger charge is 2.29. The van der Waals surface area contributed by atoms with Crippen molar-refractivity contribution in [3.8, 4) is 0 Å². The third kappa shape index (κ3) is 4.58. The maximum atomic E-state index is 12.7. The molecule has 1 amide bonds. The molecule has 6 heteroatoms. The van der Waals surface area contributed by atoms with Crippen LogP contribution in [0.4, 0.5) is 0 Å². The van der Waals surface area contributed by atoms with E-state index in [0.717, 1.165) is 32.3 Å². The number of amides is 1. The van der Waals surface area contributed by atoms with Gasteiger partial charge in [-0.2, -0.15) is 0 Å². The Kier molecular flexibility index (Phi) is 6.66. The van der Waals surface area contributed by atoms with E-state index in [9.17, 15) is 4.79 Å². The summed E-state index contributed by atoms with van der Waals surface area (Å²) in [5.41, 5.74) is 6.25. The van der Waals surface area contributed by atoms with Crippen molar-refractivity contribution in [2.45, 2.75) is 45.1 Å². The van der Waals surface area contributed by atoms with Crippen LogP contribution in [0, 0.1) is 0 Å². The Morgan fingerprint density at radius 1 is 1.22 bits per heavy atom. The predicted octanol–water partition coefficient (Wildman–Crippen LogP) is 2.48. The Balaban J connectivity index is 1.99. The first-order chi connectivity index (χ1) is 11.0. The molecule has 128 valence electrons. The van der Waals surface area contributed by atoms with Crippen molar-refractivity contribution in [2.75, 3.05) is 26.2 Å². The smallest absolute Gasteiger partial charge is 0.272 e. The third-order valence-corrected chi connectivity index (χ3v) is 5.11. The van der Waals surface area contributed by atoms with Gasteiger partial charge in [-0.1, -0.05) is 24.6 Å². The highest BCUT2D eigenvalue weighted by Crippen LogP contribution is 2.24. The first kappa shape index (κ1) is 18.0. The van der Waals surface area contributed by atoms with Crippen molar-refractivity contribution in [2.24, 2.45) is 10.7 Å². The molecule has 0 radical (unpaired) electrons. The van der Waals surface area contributed by atoms with Crippen molar-refractivity contribution in [1.29, 1.82) is 0 Å². The summed E-state index contributed by atoms with van der Waals surface area (Å²) in [6, 6.07) is 0.605. The van der Waals surface area contributed by atoms with Gasteiger partial charge in [0.2, 0.25) is 0 Å². The lowest BCUT2D eigenvalue weighted by Gasteiger charge is -2.40. The number of aliphatic imine (C=N–C) groups is 1. The summed E-state index contributed by atoms with van der Waals surface area (Å²) in [6.45, 7) is 9.33. The Bertz CT molecular complexity index is 501. The second-order valence-corrected chi connectivity index (χ2v) is 6.73. The number of carbonyl (C=O) groups is 1. The van der Waals surface area contributed by atoms with Crippen LogP contribution in [0.1, 0.15) is 39.0 Å². The summed E-state index contributed by atoms with van der Waals surface area (Å²) in [5.74, 6) is -0.108. The van der Waals surface area contributed by atoms with Crippen molar-refractivity contribution < 1.29 is 4.79 Å². The highest BCUT2D eigenvalue weighted by atomic mass is 35.5. The number of halogens is 1. The van der Waals surface area contributed by atoms with E-state index in [4.69, 9.17) is 17.3 Å². The van der Waals surface area contributed by atoms with Gasteiger partial charge in [0.1, 0.15) is 5.70 Å². The van der Waals surface area contributed by atoms with Crippen molar-refractivity contribution in [3.05, 3.63) is 22.9 Å². The molecule has 23 heavy (non-hydrogen) atoms. The molecule has 2 saturated heterocycles. The van der Waals surface area contributed by atoms with Gasteiger partial charge in [0.05, 0.1) is 6.34 Å². The topological polar surface area (TPSA) is 61.9 Å². The van der Waals surface area contributed by atoms with Crippen LogP contribution in [0.5, 0.6) is 0 Å². The maximum absolute atomic E-state index is 12.7. The second kappa shape index (κ2) is 8.50. The Labute approximate surface area is 143 Å². The van der Waals surface area contributed by atoms with E-state index in [1.165, 1.54) is 32.4 Å². The van der Waals surface area contributed by atoms with Crippen LogP contribution < -0.4 is 5.73 Å². The van der Waals surface area contributed by atoms with Gasteiger partial charge in [-0.15, -0.1) is 0 Å². The summed E-state index contributed by atoms with van der Waals surface area (Å²) < 4.78 is 0. The molecule has 0 atom stereocenters. The average molecular weight is 339 g/mol. The second-order valence-electron chi connectivity index (χ2n) is 6.28. The number of likely N-dealkylation sites (tertiary alicyclic amines) is 2. The summed E-state index contributed by atoms with van der Waals surface area (Å²) in [7, 11) is 0. The molecule has 2 aliphatic rings. The number of hydrogen-bond acceptors (Lipinski definition) is 3. The van der Waals surface area contributed by atoms with E-state index in [1.807, 2.05) is 4.90 Å². The third-order valence-electron chi connectivity index (χ3n) is 4.83. The molecule has 2 N–H and O–H groups in total. The van der Waals surface area contributed by atoms with Crippen molar-refractivity contribution in [3.63, 3.8) is 0 Å². The van der Waals surface area contributed by atoms with Gasteiger partial charge >= 0.3 is 0 Å². The fraction of sp³-hybridized carbons (Fsp3) is 0.647. The number of nitrogens with two attached hydrogens (primary N) is 1. The molecule has 0 spiro atoms. The van der Waals surface area contributed by atoms with E-state index >= 15 is 0 Å². The number of nitrogens with zero attached hydrogens (tertiary/aromatic N) is 3.